The molecule has 2 aliphatic rings. The van der Waals surface area contributed by atoms with Crippen molar-refractivity contribution < 1.29 is 8.42 Å². The number of hydrogen-bond acceptors (Lipinski definition) is 4. The summed E-state index contributed by atoms with van der Waals surface area (Å²) in [5.41, 5.74) is 0. The number of anilines is 1. The molecule has 3 heterocycles. The Morgan fingerprint density at radius 1 is 0.857 bits per heavy atom. The molecule has 0 amide bonds. The lowest BCUT2D eigenvalue weighted by Crippen LogP contribution is -2.35. The summed E-state index contributed by atoms with van der Waals surface area (Å²) in [5, 5.41) is 0. The van der Waals surface area contributed by atoms with Crippen LogP contribution < -0.4 is 4.90 Å². The second kappa shape index (κ2) is 6.32. The summed E-state index contributed by atoms with van der Waals surface area (Å²) in [7, 11) is -3.36. The highest BCUT2D eigenvalue weighted by Gasteiger charge is 2.26. The van der Waals surface area contributed by atoms with Gasteiger partial charge in [0.2, 0.25) is 10.0 Å². The summed E-state index contributed by atoms with van der Waals surface area (Å²) in [6, 6.07) is 3.56. The number of nitrogens with zero attached hydrogens (tertiary/aromatic N) is 3. The van der Waals surface area contributed by atoms with Crippen molar-refractivity contribution in [2.24, 2.45) is 0 Å². The van der Waals surface area contributed by atoms with Gasteiger partial charge in [0.15, 0.2) is 0 Å². The minimum absolute atomic E-state index is 0.324. The molecule has 0 N–H and O–H groups in total. The third-order valence-electron chi connectivity index (χ3n) is 4.35. The maximum atomic E-state index is 12.5. The van der Waals surface area contributed by atoms with Crippen LogP contribution in [0, 0.1) is 0 Å². The van der Waals surface area contributed by atoms with Crippen molar-refractivity contribution in [3.63, 3.8) is 0 Å². The Morgan fingerprint density at radius 3 is 2.05 bits per heavy atom. The highest BCUT2D eigenvalue weighted by molar-refractivity contribution is 7.89. The Kier molecular flexibility index (Phi) is 4.45. The molecule has 0 aliphatic carbocycles. The van der Waals surface area contributed by atoms with Gasteiger partial charge < -0.3 is 4.90 Å². The first-order valence-corrected chi connectivity index (χ1v) is 9.33. The molecular formula is C15H23N3O2S. The molecule has 0 atom stereocenters. The van der Waals surface area contributed by atoms with E-state index in [4.69, 9.17) is 0 Å². The number of sulfonamides is 1. The van der Waals surface area contributed by atoms with Crippen molar-refractivity contribution in [3.05, 3.63) is 18.3 Å². The molecule has 0 saturated carbocycles. The van der Waals surface area contributed by atoms with Crippen molar-refractivity contribution in [1.29, 1.82) is 0 Å². The van der Waals surface area contributed by atoms with Crippen molar-refractivity contribution in [3.8, 4) is 0 Å². The van der Waals surface area contributed by atoms with E-state index in [0.29, 0.717) is 18.0 Å². The molecule has 0 radical (unpaired) electrons. The standard InChI is InChI=1S/C15H23N3O2S/c19-21(20,18-11-5-2-6-12-18)14-7-8-15(16-13-14)17-9-3-1-4-10-17/h7-8,13H,1-6,9-12H2. The Hall–Kier alpha value is -1.14. The van der Waals surface area contributed by atoms with Crippen LogP contribution in [0.4, 0.5) is 5.82 Å². The van der Waals surface area contributed by atoms with Crippen LogP contribution in [0.15, 0.2) is 23.2 Å². The van der Waals surface area contributed by atoms with Gasteiger partial charge in [-0.05, 0) is 44.2 Å². The van der Waals surface area contributed by atoms with Crippen LogP contribution in [-0.2, 0) is 10.0 Å². The fourth-order valence-electron chi connectivity index (χ4n) is 3.09. The summed E-state index contributed by atoms with van der Waals surface area (Å²) < 4.78 is 26.7. The molecule has 3 rings (SSSR count). The number of rotatable bonds is 3. The van der Waals surface area contributed by atoms with Gasteiger partial charge in [0.05, 0.1) is 0 Å². The lowest BCUT2D eigenvalue weighted by Gasteiger charge is -2.28. The van der Waals surface area contributed by atoms with E-state index in [2.05, 4.69) is 9.88 Å². The quantitative estimate of drug-likeness (QED) is 0.859. The van der Waals surface area contributed by atoms with Gasteiger partial charge in [-0.25, -0.2) is 13.4 Å². The van der Waals surface area contributed by atoms with E-state index in [9.17, 15) is 8.42 Å². The molecule has 0 spiro atoms. The zero-order valence-electron chi connectivity index (χ0n) is 12.4. The first kappa shape index (κ1) is 14.8. The normalized spacial score (nSPS) is 21.4. The summed E-state index contributed by atoms with van der Waals surface area (Å²) in [6.45, 7) is 3.31. The van der Waals surface area contributed by atoms with Gasteiger partial charge in [-0.1, -0.05) is 6.42 Å². The zero-order valence-corrected chi connectivity index (χ0v) is 13.2. The molecular weight excluding hydrogens is 286 g/mol. The van der Waals surface area contributed by atoms with Crippen LogP contribution in [0.3, 0.4) is 0 Å². The van der Waals surface area contributed by atoms with E-state index in [1.807, 2.05) is 6.07 Å². The third kappa shape index (κ3) is 3.21. The highest BCUT2D eigenvalue weighted by atomic mass is 32.2. The van der Waals surface area contributed by atoms with E-state index in [-0.39, 0.29) is 0 Å². The predicted molar refractivity (Wildman–Crippen MR) is 82.9 cm³/mol. The van der Waals surface area contributed by atoms with Crippen LogP contribution >= 0.6 is 0 Å². The fourth-order valence-corrected chi connectivity index (χ4v) is 4.55. The van der Waals surface area contributed by atoms with Gasteiger partial charge >= 0.3 is 0 Å². The smallest absolute Gasteiger partial charge is 0.244 e. The van der Waals surface area contributed by atoms with Gasteiger partial charge in [0, 0.05) is 32.4 Å². The topological polar surface area (TPSA) is 53.5 Å². The maximum absolute atomic E-state index is 12.5. The molecule has 0 aromatic carbocycles. The van der Waals surface area contributed by atoms with Crippen LogP contribution in [0.25, 0.3) is 0 Å². The maximum Gasteiger partial charge on any atom is 0.244 e. The molecule has 1 aromatic heterocycles. The average molecular weight is 309 g/mol. The fraction of sp³-hybridized carbons (Fsp3) is 0.667. The second-order valence-corrected chi connectivity index (χ2v) is 7.80. The lowest BCUT2D eigenvalue weighted by molar-refractivity contribution is 0.346. The Balaban J connectivity index is 1.76. The van der Waals surface area contributed by atoms with Gasteiger partial charge in [-0.3, -0.25) is 0 Å². The van der Waals surface area contributed by atoms with E-state index in [1.54, 1.807) is 10.4 Å². The minimum atomic E-state index is -3.36. The van der Waals surface area contributed by atoms with Crippen molar-refractivity contribution >= 4 is 15.8 Å². The molecule has 116 valence electrons. The summed E-state index contributed by atoms with van der Waals surface area (Å²) in [5.74, 6) is 0.896. The van der Waals surface area contributed by atoms with Crippen LogP contribution in [0.1, 0.15) is 38.5 Å². The zero-order chi connectivity index (χ0) is 14.7. The van der Waals surface area contributed by atoms with Crippen molar-refractivity contribution in [2.45, 2.75) is 43.4 Å². The molecule has 1 aromatic rings. The molecule has 2 fully saturated rings. The van der Waals surface area contributed by atoms with Crippen molar-refractivity contribution in [1.82, 2.24) is 9.29 Å². The van der Waals surface area contributed by atoms with Gasteiger partial charge in [0.1, 0.15) is 10.7 Å². The van der Waals surface area contributed by atoms with Crippen molar-refractivity contribution in [2.75, 3.05) is 31.1 Å². The second-order valence-electron chi connectivity index (χ2n) is 5.86. The third-order valence-corrected chi connectivity index (χ3v) is 6.24. The minimum Gasteiger partial charge on any atom is -0.357 e. The van der Waals surface area contributed by atoms with E-state index in [1.165, 1.54) is 25.5 Å². The molecule has 5 nitrogen and oxygen atoms in total. The van der Waals surface area contributed by atoms with E-state index < -0.39 is 10.0 Å². The number of hydrogen-bond donors (Lipinski definition) is 0. The molecule has 0 bridgehead atoms. The molecule has 0 unspecified atom stereocenters. The van der Waals surface area contributed by atoms with E-state index >= 15 is 0 Å². The Labute approximate surface area is 127 Å². The molecule has 2 aliphatic heterocycles. The van der Waals surface area contributed by atoms with Crippen LogP contribution in [0.5, 0.6) is 0 Å². The van der Waals surface area contributed by atoms with E-state index in [0.717, 1.165) is 38.2 Å². The lowest BCUT2D eigenvalue weighted by atomic mass is 10.1. The average Bonchev–Trinajstić information content (AvgIpc) is 2.57. The largest absolute Gasteiger partial charge is 0.357 e. The summed E-state index contributed by atoms with van der Waals surface area (Å²) in [4.78, 5) is 6.94. The first-order chi connectivity index (χ1) is 10.2. The van der Waals surface area contributed by atoms with Gasteiger partial charge in [-0.15, -0.1) is 0 Å². The number of pyridine rings is 1. The first-order valence-electron chi connectivity index (χ1n) is 7.89. The Bertz CT molecular complexity index is 559. The number of aromatic nitrogens is 1. The number of piperidine rings is 2. The summed E-state index contributed by atoms with van der Waals surface area (Å²) in [6.07, 6.45) is 8.21. The molecule has 6 heteroatoms. The van der Waals surface area contributed by atoms with Gasteiger partial charge in [0.25, 0.3) is 0 Å². The highest BCUT2D eigenvalue weighted by Crippen LogP contribution is 2.23. The Morgan fingerprint density at radius 2 is 1.48 bits per heavy atom. The van der Waals surface area contributed by atoms with Crippen LogP contribution in [0.2, 0.25) is 0 Å². The molecule has 21 heavy (non-hydrogen) atoms. The van der Waals surface area contributed by atoms with Gasteiger partial charge in [-0.2, -0.15) is 4.31 Å². The molecule has 2 saturated heterocycles. The predicted octanol–water partition coefficient (Wildman–Crippen LogP) is 2.25. The summed E-state index contributed by atoms with van der Waals surface area (Å²) >= 11 is 0. The monoisotopic (exact) mass is 309 g/mol. The SMILES string of the molecule is O=S(=O)(c1ccc(N2CCCCC2)nc1)N1CCCCC1. The van der Waals surface area contributed by atoms with Crippen LogP contribution in [-0.4, -0.2) is 43.9 Å².